The number of benzene rings is 1. The minimum atomic E-state index is -0.727. The highest BCUT2D eigenvalue weighted by Gasteiger charge is 2.30. The number of likely N-dealkylation sites (tertiary alicyclic amines) is 1. The van der Waals surface area contributed by atoms with E-state index in [2.05, 4.69) is 0 Å². The zero-order valence-corrected chi connectivity index (χ0v) is 9.77. The van der Waals surface area contributed by atoms with Crippen molar-refractivity contribution in [3.8, 4) is 0 Å². The zero-order valence-electron chi connectivity index (χ0n) is 9.77. The van der Waals surface area contributed by atoms with Crippen molar-refractivity contribution in [1.29, 1.82) is 0 Å². The van der Waals surface area contributed by atoms with Crippen LogP contribution in [0.2, 0.25) is 0 Å². The molecular formula is C13H16FNO2. The van der Waals surface area contributed by atoms with Gasteiger partial charge in [0.1, 0.15) is 5.82 Å². The SMILES string of the molecule is CN1CC(C(=O)O)CCC1c1ccc(F)cc1. The second-order valence-electron chi connectivity index (χ2n) is 4.62. The number of hydrogen-bond acceptors (Lipinski definition) is 2. The Bertz CT molecular complexity index is 404. The van der Waals surface area contributed by atoms with Crippen molar-refractivity contribution < 1.29 is 14.3 Å². The quantitative estimate of drug-likeness (QED) is 0.858. The van der Waals surface area contributed by atoms with Crippen molar-refractivity contribution in [3.05, 3.63) is 35.6 Å². The van der Waals surface area contributed by atoms with E-state index in [4.69, 9.17) is 5.11 Å². The summed E-state index contributed by atoms with van der Waals surface area (Å²) in [5.41, 5.74) is 1.05. The lowest BCUT2D eigenvalue weighted by Gasteiger charge is -2.35. The normalized spacial score (nSPS) is 25.8. The molecule has 2 unspecified atom stereocenters. The lowest BCUT2D eigenvalue weighted by molar-refractivity contribution is -0.144. The van der Waals surface area contributed by atoms with Gasteiger partial charge < -0.3 is 5.11 Å². The molecule has 92 valence electrons. The summed E-state index contributed by atoms with van der Waals surface area (Å²) in [5.74, 6) is -1.25. The van der Waals surface area contributed by atoms with Crippen molar-refractivity contribution in [1.82, 2.24) is 4.90 Å². The largest absolute Gasteiger partial charge is 0.481 e. The molecule has 0 amide bonds. The molecule has 1 aliphatic heterocycles. The first-order valence-electron chi connectivity index (χ1n) is 5.76. The standard InChI is InChI=1S/C13H16FNO2/c1-15-8-10(13(16)17)4-7-12(15)9-2-5-11(14)6-3-9/h2-3,5-6,10,12H,4,7-8H2,1H3,(H,16,17). The minimum Gasteiger partial charge on any atom is -0.481 e. The number of hydrogen-bond donors (Lipinski definition) is 1. The van der Waals surface area contributed by atoms with E-state index >= 15 is 0 Å². The predicted molar refractivity (Wildman–Crippen MR) is 62.1 cm³/mol. The van der Waals surface area contributed by atoms with Gasteiger partial charge in [0.2, 0.25) is 0 Å². The lowest BCUT2D eigenvalue weighted by atomic mass is 9.89. The van der Waals surface area contributed by atoms with Crippen LogP contribution in [0.25, 0.3) is 0 Å². The second kappa shape index (κ2) is 4.84. The number of carboxylic acids is 1. The fraction of sp³-hybridized carbons (Fsp3) is 0.462. The number of carboxylic acid groups (broad SMARTS) is 1. The van der Waals surface area contributed by atoms with Gasteiger partial charge in [-0.15, -0.1) is 0 Å². The Morgan fingerprint density at radius 2 is 2.00 bits per heavy atom. The van der Waals surface area contributed by atoms with Gasteiger partial charge in [0.25, 0.3) is 0 Å². The summed E-state index contributed by atoms with van der Waals surface area (Å²) in [6, 6.07) is 6.65. The summed E-state index contributed by atoms with van der Waals surface area (Å²) < 4.78 is 12.8. The molecule has 1 aromatic carbocycles. The van der Waals surface area contributed by atoms with Crippen LogP contribution >= 0.6 is 0 Å². The van der Waals surface area contributed by atoms with Crippen LogP contribution in [0.15, 0.2) is 24.3 Å². The molecule has 0 bridgehead atoms. The number of carbonyl (C=O) groups is 1. The first-order valence-corrected chi connectivity index (χ1v) is 5.76. The average Bonchev–Trinajstić information content (AvgIpc) is 2.30. The molecule has 2 atom stereocenters. The Hall–Kier alpha value is -1.42. The maximum atomic E-state index is 12.8. The Kier molecular flexibility index (Phi) is 3.43. The molecule has 0 aromatic heterocycles. The van der Waals surface area contributed by atoms with Gasteiger partial charge in [0.05, 0.1) is 5.92 Å². The highest BCUT2D eigenvalue weighted by Crippen LogP contribution is 2.32. The zero-order chi connectivity index (χ0) is 12.4. The molecule has 3 nitrogen and oxygen atoms in total. The molecule has 1 aromatic rings. The van der Waals surface area contributed by atoms with Crippen LogP contribution in [0.1, 0.15) is 24.4 Å². The van der Waals surface area contributed by atoms with E-state index < -0.39 is 5.97 Å². The van der Waals surface area contributed by atoms with Crippen molar-refractivity contribution in [3.63, 3.8) is 0 Å². The monoisotopic (exact) mass is 237 g/mol. The van der Waals surface area contributed by atoms with Crippen molar-refractivity contribution in [2.24, 2.45) is 5.92 Å². The smallest absolute Gasteiger partial charge is 0.307 e. The van der Waals surface area contributed by atoms with Gasteiger partial charge in [-0.05, 0) is 37.6 Å². The molecule has 17 heavy (non-hydrogen) atoms. The summed E-state index contributed by atoms with van der Waals surface area (Å²) in [6.07, 6.45) is 1.49. The van der Waals surface area contributed by atoms with E-state index in [1.165, 1.54) is 12.1 Å². The van der Waals surface area contributed by atoms with Crippen LogP contribution in [-0.2, 0) is 4.79 Å². The van der Waals surface area contributed by atoms with E-state index in [1.54, 1.807) is 12.1 Å². The van der Waals surface area contributed by atoms with Gasteiger partial charge in [0, 0.05) is 12.6 Å². The van der Waals surface area contributed by atoms with E-state index in [0.29, 0.717) is 13.0 Å². The average molecular weight is 237 g/mol. The highest BCUT2D eigenvalue weighted by atomic mass is 19.1. The maximum Gasteiger partial charge on any atom is 0.307 e. The van der Waals surface area contributed by atoms with E-state index in [0.717, 1.165) is 12.0 Å². The molecular weight excluding hydrogens is 221 g/mol. The first-order chi connectivity index (χ1) is 8.08. The third-order valence-electron chi connectivity index (χ3n) is 3.43. The Morgan fingerprint density at radius 3 is 2.53 bits per heavy atom. The molecule has 1 saturated heterocycles. The molecule has 1 aliphatic rings. The fourth-order valence-electron chi connectivity index (χ4n) is 2.45. The topological polar surface area (TPSA) is 40.5 Å². The Labute approximate surface area is 99.9 Å². The molecule has 4 heteroatoms. The number of aliphatic carboxylic acids is 1. The van der Waals surface area contributed by atoms with Gasteiger partial charge in [-0.3, -0.25) is 9.69 Å². The Morgan fingerprint density at radius 1 is 1.35 bits per heavy atom. The molecule has 1 fully saturated rings. The number of nitrogens with zero attached hydrogens (tertiary/aromatic N) is 1. The third kappa shape index (κ3) is 2.64. The van der Waals surface area contributed by atoms with Gasteiger partial charge in [-0.2, -0.15) is 0 Å². The van der Waals surface area contributed by atoms with Gasteiger partial charge >= 0.3 is 5.97 Å². The minimum absolute atomic E-state index is 0.200. The summed E-state index contributed by atoms with van der Waals surface area (Å²) in [6.45, 7) is 0.553. The van der Waals surface area contributed by atoms with Crippen LogP contribution in [0.3, 0.4) is 0 Å². The lowest BCUT2D eigenvalue weighted by Crippen LogP contribution is -2.38. The summed E-state index contributed by atoms with van der Waals surface area (Å²) in [7, 11) is 1.92. The van der Waals surface area contributed by atoms with Crippen LogP contribution < -0.4 is 0 Å². The van der Waals surface area contributed by atoms with Crippen molar-refractivity contribution >= 4 is 5.97 Å². The Balaban J connectivity index is 2.09. The van der Waals surface area contributed by atoms with Crippen LogP contribution in [0.4, 0.5) is 4.39 Å². The fourth-order valence-corrected chi connectivity index (χ4v) is 2.45. The summed E-state index contributed by atoms with van der Waals surface area (Å²) in [4.78, 5) is 12.9. The van der Waals surface area contributed by atoms with E-state index in [1.807, 2.05) is 11.9 Å². The molecule has 0 saturated carbocycles. The molecule has 1 heterocycles. The summed E-state index contributed by atoms with van der Waals surface area (Å²) in [5, 5.41) is 8.97. The van der Waals surface area contributed by atoms with Crippen LogP contribution in [0, 0.1) is 11.7 Å². The second-order valence-corrected chi connectivity index (χ2v) is 4.62. The van der Waals surface area contributed by atoms with E-state index in [-0.39, 0.29) is 17.8 Å². The number of piperidine rings is 1. The van der Waals surface area contributed by atoms with Crippen molar-refractivity contribution in [2.75, 3.05) is 13.6 Å². The van der Waals surface area contributed by atoms with Crippen LogP contribution in [-0.4, -0.2) is 29.6 Å². The van der Waals surface area contributed by atoms with Crippen molar-refractivity contribution in [2.45, 2.75) is 18.9 Å². The highest BCUT2D eigenvalue weighted by molar-refractivity contribution is 5.70. The van der Waals surface area contributed by atoms with Crippen LogP contribution in [0.5, 0.6) is 0 Å². The van der Waals surface area contributed by atoms with Gasteiger partial charge in [0.15, 0.2) is 0 Å². The maximum absolute atomic E-state index is 12.8. The van der Waals surface area contributed by atoms with Gasteiger partial charge in [-0.1, -0.05) is 12.1 Å². The molecule has 0 aliphatic carbocycles. The first kappa shape index (κ1) is 12.0. The third-order valence-corrected chi connectivity index (χ3v) is 3.43. The van der Waals surface area contributed by atoms with E-state index in [9.17, 15) is 9.18 Å². The molecule has 0 radical (unpaired) electrons. The number of rotatable bonds is 2. The number of halogens is 1. The predicted octanol–water partition coefficient (Wildman–Crippen LogP) is 2.29. The molecule has 2 rings (SSSR count). The summed E-state index contributed by atoms with van der Waals surface area (Å²) >= 11 is 0. The molecule has 0 spiro atoms. The molecule has 1 N–H and O–H groups in total. The van der Waals surface area contributed by atoms with Gasteiger partial charge in [-0.25, -0.2) is 4.39 Å².